The van der Waals surface area contributed by atoms with Crippen LogP contribution in [0.25, 0.3) is 72.3 Å². The van der Waals surface area contributed by atoms with Crippen molar-refractivity contribution in [1.82, 2.24) is 9.97 Å². The van der Waals surface area contributed by atoms with Crippen molar-refractivity contribution in [3.63, 3.8) is 0 Å². The van der Waals surface area contributed by atoms with E-state index in [0.29, 0.717) is 5.71 Å². The van der Waals surface area contributed by atoms with E-state index in [9.17, 15) is 5.41 Å². The summed E-state index contributed by atoms with van der Waals surface area (Å²) in [6.45, 7) is 0. The van der Waals surface area contributed by atoms with E-state index >= 15 is 0 Å². The molecule has 2 aliphatic rings. The smallest absolute Gasteiger partial charge is 0.0788 e. The number of fused-ring (bicyclic) bond motifs is 14. The molecule has 0 radical (unpaired) electrons. The van der Waals surface area contributed by atoms with Crippen LogP contribution in [0.5, 0.6) is 0 Å². The average molecular weight is 782 g/mol. The first-order valence-corrected chi connectivity index (χ1v) is 21.1. The highest BCUT2D eigenvalue weighted by molar-refractivity contribution is 7.99. The van der Waals surface area contributed by atoms with Gasteiger partial charge in [-0.3, -0.25) is 0 Å². The molecule has 12 rings (SSSR count). The quantitative estimate of drug-likeness (QED) is 0.140. The van der Waals surface area contributed by atoms with Crippen LogP contribution in [-0.4, -0.2) is 15.7 Å². The summed E-state index contributed by atoms with van der Waals surface area (Å²) >= 11 is 1.88. The number of hydrogen-bond acceptors (Lipinski definition) is 4. The van der Waals surface area contributed by atoms with Gasteiger partial charge in [0.1, 0.15) is 0 Å². The first-order chi connectivity index (χ1) is 29.6. The minimum Gasteiger partial charge on any atom is -0.300 e. The fraction of sp³-hybridized carbons (Fsp3) is 0.0179. The molecule has 2 aromatic heterocycles. The summed E-state index contributed by atoms with van der Waals surface area (Å²) in [5.41, 5.74) is 15.5. The highest BCUT2D eigenvalue weighted by Crippen LogP contribution is 2.63. The molecule has 0 fully saturated rings. The standard InChI is InChI=1S/C56H35N3S/c57-48(31-26-35-25-27-37-28-32-49(58-51(37)33-35)36-13-2-1-3-14-36)38-15-12-16-39(34-38)54-43-29-30-47-55(53(43)42-19-6-10-23-50(42)59-54)60-52-24-11-9-22-46(52)56(47)44-20-7-4-17-40(44)41-18-5-8-21-45(41)56/h1-34,57H/b31-26-,57-48?. The second kappa shape index (κ2) is 13.6. The van der Waals surface area contributed by atoms with Crippen molar-refractivity contribution in [3.05, 3.63) is 234 Å². The average Bonchev–Trinajstić information content (AvgIpc) is 3.61. The Labute approximate surface area is 352 Å². The van der Waals surface area contributed by atoms with Crippen molar-refractivity contribution in [2.75, 3.05) is 0 Å². The van der Waals surface area contributed by atoms with Crippen LogP contribution in [0.3, 0.4) is 0 Å². The second-order valence-corrected chi connectivity index (χ2v) is 16.7. The lowest BCUT2D eigenvalue weighted by Crippen LogP contribution is -2.32. The van der Waals surface area contributed by atoms with Gasteiger partial charge in [0, 0.05) is 48.0 Å². The lowest BCUT2D eigenvalue weighted by atomic mass is 9.67. The number of nitrogens with one attached hydrogen (secondary N) is 1. The molecule has 1 spiro atoms. The van der Waals surface area contributed by atoms with Gasteiger partial charge < -0.3 is 5.41 Å². The van der Waals surface area contributed by atoms with Crippen LogP contribution in [0.15, 0.2) is 210 Å². The Kier molecular flexibility index (Phi) is 7.84. The molecule has 0 unspecified atom stereocenters. The van der Waals surface area contributed by atoms with E-state index in [0.717, 1.165) is 60.8 Å². The Balaban J connectivity index is 0.986. The molecular formula is C56H35N3S. The zero-order valence-electron chi connectivity index (χ0n) is 32.4. The molecule has 10 aromatic rings. The molecule has 0 saturated heterocycles. The maximum Gasteiger partial charge on any atom is 0.0788 e. The minimum atomic E-state index is -0.463. The van der Waals surface area contributed by atoms with Gasteiger partial charge in [0.2, 0.25) is 0 Å². The largest absolute Gasteiger partial charge is 0.300 e. The van der Waals surface area contributed by atoms with Crippen molar-refractivity contribution < 1.29 is 0 Å². The van der Waals surface area contributed by atoms with Gasteiger partial charge in [-0.1, -0.05) is 182 Å². The molecular weight excluding hydrogens is 747 g/mol. The number of pyridine rings is 2. The molecule has 8 aromatic carbocycles. The van der Waals surface area contributed by atoms with Crippen molar-refractivity contribution in [3.8, 4) is 33.6 Å². The maximum atomic E-state index is 9.22. The van der Waals surface area contributed by atoms with Gasteiger partial charge in [0.05, 0.1) is 33.5 Å². The number of benzene rings is 8. The van der Waals surface area contributed by atoms with E-state index in [4.69, 9.17) is 9.97 Å². The number of allylic oxidation sites excluding steroid dienone is 1. The van der Waals surface area contributed by atoms with E-state index in [-0.39, 0.29) is 0 Å². The van der Waals surface area contributed by atoms with Crippen LogP contribution in [0.4, 0.5) is 0 Å². The molecule has 0 amide bonds. The second-order valence-electron chi connectivity index (χ2n) is 15.6. The van der Waals surface area contributed by atoms with Crippen molar-refractivity contribution in [1.29, 1.82) is 5.41 Å². The van der Waals surface area contributed by atoms with Crippen LogP contribution in [0, 0.1) is 5.41 Å². The third-order valence-corrected chi connectivity index (χ3v) is 13.6. The van der Waals surface area contributed by atoms with Gasteiger partial charge in [-0.2, -0.15) is 0 Å². The third kappa shape index (κ3) is 5.21. The van der Waals surface area contributed by atoms with Crippen LogP contribution in [0.1, 0.15) is 33.4 Å². The predicted molar refractivity (Wildman–Crippen MR) is 249 cm³/mol. The summed E-state index contributed by atoms with van der Waals surface area (Å²) in [5, 5.41) is 13.8. The maximum absolute atomic E-state index is 9.22. The molecule has 0 bridgehead atoms. The fourth-order valence-electron chi connectivity index (χ4n) is 9.69. The monoisotopic (exact) mass is 781 g/mol. The normalized spacial score (nSPS) is 13.4. The minimum absolute atomic E-state index is 0.429. The van der Waals surface area contributed by atoms with Gasteiger partial charge in [-0.05, 0) is 75.4 Å². The first-order valence-electron chi connectivity index (χ1n) is 20.3. The highest BCUT2D eigenvalue weighted by Gasteiger charge is 2.50. The molecule has 0 saturated carbocycles. The number of hydrogen-bond donors (Lipinski definition) is 1. The van der Waals surface area contributed by atoms with Gasteiger partial charge in [-0.15, -0.1) is 0 Å². The summed E-state index contributed by atoms with van der Waals surface area (Å²) in [6.07, 6.45) is 3.89. The van der Waals surface area contributed by atoms with E-state index in [1.165, 1.54) is 48.6 Å². The Morgan fingerprint density at radius 1 is 0.517 bits per heavy atom. The molecule has 1 aliphatic carbocycles. The van der Waals surface area contributed by atoms with Crippen LogP contribution in [-0.2, 0) is 5.41 Å². The van der Waals surface area contributed by atoms with Crippen molar-refractivity contribution >= 4 is 56.1 Å². The van der Waals surface area contributed by atoms with Gasteiger partial charge in [0.25, 0.3) is 0 Å². The van der Waals surface area contributed by atoms with Gasteiger partial charge in [0.15, 0.2) is 0 Å². The van der Waals surface area contributed by atoms with Crippen molar-refractivity contribution in [2.45, 2.75) is 15.2 Å². The van der Waals surface area contributed by atoms with E-state index in [2.05, 4.69) is 164 Å². The van der Waals surface area contributed by atoms with E-state index < -0.39 is 5.41 Å². The topological polar surface area (TPSA) is 49.6 Å². The molecule has 280 valence electrons. The number of para-hydroxylation sites is 1. The molecule has 60 heavy (non-hydrogen) atoms. The number of nitrogens with zero attached hydrogens (tertiary/aromatic N) is 2. The number of rotatable bonds is 5. The van der Waals surface area contributed by atoms with E-state index in [1.807, 2.05) is 54.2 Å². The van der Waals surface area contributed by atoms with Crippen molar-refractivity contribution in [2.24, 2.45) is 0 Å². The number of aromatic nitrogens is 2. The van der Waals surface area contributed by atoms with Gasteiger partial charge >= 0.3 is 0 Å². The molecule has 1 N–H and O–H groups in total. The van der Waals surface area contributed by atoms with Crippen LogP contribution in [0.2, 0.25) is 0 Å². The Hall–Kier alpha value is -7.40. The summed E-state index contributed by atoms with van der Waals surface area (Å²) in [4.78, 5) is 12.9. The zero-order valence-corrected chi connectivity index (χ0v) is 33.2. The lowest BCUT2D eigenvalue weighted by molar-refractivity contribution is 0.726. The first kappa shape index (κ1) is 34.6. The summed E-state index contributed by atoms with van der Waals surface area (Å²) in [7, 11) is 0. The summed E-state index contributed by atoms with van der Waals surface area (Å²) in [6, 6.07) is 69.2. The Morgan fingerprint density at radius 3 is 2.05 bits per heavy atom. The molecule has 4 heteroatoms. The lowest BCUT2D eigenvalue weighted by Gasteiger charge is -2.40. The third-order valence-electron chi connectivity index (χ3n) is 12.4. The summed E-state index contributed by atoms with van der Waals surface area (Å²) < 4.78 is 0. The summed E-state index contributed by atoms with van der Waals surface area (Å²) in [5.74, 6) is 0. The van der Waals surface area contributed by atoms with Crippen LogP contribution >= 0.6 is 11.8 Å². The fourth-order valence-corrected chi connectivity index (χ4v) is 11.0. The van der Waals surface area contributed by atoms with E-state index in [1.54, 1.807) is 0 Å². The predicted octanol–water partition coefficient (Wildman–Crippen LogP) is 14.2. The zero-order chi connectivity index (χ0) is 39.8. The molecule has 1 aliphatic heterocycles. The SMILES string of the molecule is N=C(/C=C\c1ccc2ccc(-c3ccccc3)nc2c1)c1cccc(-c2nc3ccccc3c3c4c(ccc23)C2(c3ccccc3S4)c3ccccc3-c3ccccc32)c1. The highest BCUT2D eigenvalue weighted by atomic mass is 32.2. The molecule has 3 heterocycles. The Bertz CT molecular complexity index is 3390. The van der Waals surface area contributed by atoms with Crippen LogP contribution < -0.4 is 0 Å². The molecule has 3 nitrogen and oxygen atoms in total. The molecule has 0 atom stereocenters. The Morgan fingerprint density at radius 2 is 1.22 bits per heavy atom. The van der Waals surface area contributed by atoms with Gasteiger partial charge in [-0.25, -0.2) is 9.97 Å².